The fourth-order valence-corrected chi connectivity index (χ4v) is 3.45. The molecule has 1 unspecified atom stereocenters. The lowest BCUT2D eigenvalue weighted by molar-refractivity contribution is -0.122. The van der Waals surface area contributed by atoms with E-state index in [9.17, 15) is 4.79 Å². The number of hydrogen-bond donors (Lipinski definition) is 1. The van der Waals surface area contributed by atoms with E-state index in [1.807, 2.05) is 0 Å². The summed E-state index contributed by atoms with van der Waals surface area (Å²) >= 11 is 1.74. The maximum atomic E-state index is 11.9. The van der Waals surface area contributed by atoms with Gasteiger partial charge in [-0.1, -0.05) is 0 Å². The van der Waals surface area contributed by atoms with E-state index in [0.717, 1.165) is 45.6 Å². The molecule has 1 aromatic heterocycles. The Morgan fingerprint density at radius 2 is 2.10 bits per heavy atom. The summed E-state index contributed by atoms with van der Waals surface area (Å²) in [4.78, 5) is 16.8. The smallest absolute Gasteiger partial charge is 0.223 e. The summed E-state index contributed by atoms with van der Waals surface area (Å²) in [5, 5.41) is 7.49. The SMILES string of the molecule is CN1CCN(C(CNC(=O)C2CC2)c2ccsc2)CC1.Cl. The van der Waals surface area contributed by atoms with Gasteiger partial charge in [0.05, 0.1) is 6.04 Å². The summed E-state index contributed by atoms with van der Waals surface area (Å²) in [5.74, 6) is 0.546. The number of rotatable bonds is 5. The molecule has 0 bridgehead atoms. The van der Waals surface area contributed by atoms with Gasteiger partial charge in [-0.2, -0.15) is 11.3 Å². The van der Waals surface area contributed by atoms with Crippen LogP contribution in [0, 0.1) is 5.92 Å². The van der Waals surface area contributed by atoms with Crippen molar-refractivity contribution in [3.05, 3.63) is 22.4 Å². The van der Waals surface area contributed by atoms with E-state index in [-0.39, 0.29) is 18.3 Å². The first kappa shape index (κ1) is 16.7. The zero-order valence-corrected chi connectivity index (χ0v) is 14.1. The van der Waals surface area contributed by atoms with E-state index >= 15 is 0 Å². The minimum absolute atomic E-state index is 0. The molecule has 2 aliphatic rings. The molecule has 2 heterocycles. The van der Waals surface area contributed by atoms with Crippen LogP contribution in [0.2, 0.25) is 0 Å². The van der Waals surface area contributed by atoms with Gasteiger partial charge in [-0.25, -0.2) is 0 Å². The molecule has 3 rings (SSSR count). The van der Waals surface area contributed by atoms with Gasteiger partial charge in [-0.3, -0.25) is 9.69 Å². The number of amides is 1. The first-order valence-corrected chi connectivity index (χ1v) is 8.40. The summed E-state index contributed by atoms with van der Waals surface area (Å²) in [6, 6.07) is 2.52. The molecule has 2 fully saturated rings. The summed E-state index contributed by atoms with van der Waals surface area (Å²) in [7, 11) is 2.17. The molecule has 0 radical (unpaired) electrons. The predicted molar refractivity (Wildman–Crippen MR) is 89.1 cm³/mol. The van der Waals surface area contributed by atoms with Crippen LogP contribution in [0.4, 0.5) is 0 Å². The van der Waals surface area contributed by atoms with Crippen molar-refractivity contribution in [2.45, 2.75) is 18.9 Å². The first-order chi connectivity index (χ1) is 9.74. The second kappa shape index (κ2) is 7.58. The summed E-state index contributed by atoms with van der Waals surface area (Å²) in [5.41, 5.74) is 1.34. The normalized spacial score (nSPS) is 21.6. The van der Waals surface area contributed by atoms with Crippen molar-refractivity contribution in [2.24, 2.45) is 5.92 Å². The third-order valence-electron chi connectivity index (χ3n) is 4.32. The van der Waals surface area contributed by atoms with Crippen LogP contribution in [0.25, 0.3) is 0 Å². The fraction of sp³-hybridized carbons (Fsp3) is 0.667. The van der Waals surface area contributed by atoms with Crippen LogP contribution in [0.3, 0.4) is 0 Å². The Hall–Kier alpha value is -0.620. The molecular formula is C15H24ClN3OS. The molecule has 1 atom stereocenters. The summed E-state index contributed by atoms with van der Waals surface area (Å²) in [6.45, 7) is 5.12. The molecule has 6 heteroatoms. The Morgan fingerprint density at radius 1 is 1.38 bits per heavy atom. The van der Waals surface area contributed by atoms with Gasteiger partial charge in [0, 0.05) is 38.6 Å². The van der Waals surface area contributed by atoms with Crippen molar-refractivity contribution in [3.8, 4) is 0 Å². The molecule has 4 nitrogen and oxygen atoms in total. The Morgan fingerprint density at radius 3 is 2.67 bits per heavy atom. The highest BCUT2D eigenvalue weighted by molar-refractivity contribution is 7.07. The second-order valence-electron chi connectivity index (χ2n) is 5.93. The van der Waals surface area contributed by atoms with E-state index in [2.05, 4.69) is 39.0 Å². The molecule has 1 saturated heterocycles. The number of halogens is 1. The Kier molecular flexibility index (Phi) is 6.05. The minimum Gasteiger partial charge on any atom is -0.354 e. The Balaban J connectivity index is 0.00000161. The number of carbonyl (C=O) groups is 1. The van der Waals surface area contributed by atoms with Crippen LogP contribution < -0.4 is 5.32 Å². The molecule has 1 aliphatic heterocycles. The van der Waals surface area contributed by atoms with Crippen LogP contribution >= 0.6 is 23.7 Å². The van der Waals surface area contributed by atoms with Crippen molar-refractivity contribution in [2.75, 3.05) is 39.8 Å². The average Bonchev–Trinajstić information content (AvgIpc) is 3.18. The van der Waals surface area contributed by atoms with Gasteiger partial charge in [0.15, 0.2) is 0 Å². The van der Waals surface area contributed by atoms with Gasteiger partial charge in [0.1, 0.15) is 0 Å². The van der Waals surface area contributed by atoms with E-state index in [1.165, 1.54) is 5.56 Å². The predicted octanol–water partition coefficient (Wildman–Crippen LogP) is 1.98. The van der Waals surface area contributed by atoms with Crippen LogP contribution in [-0.4, -0.2) is 55.5 Å². The van der Waals surface area contributed by atoms with Crippen molar-refractivity contribution < 1.29 is 4.79 Å². The lowest BCUT2D eigenvalue weighted by atomic mass is 10.1. The van der Waals surface area contributed by atoms with Crippen molar-refractivity contribution in [1.29, 1.82) is 0 Å². The lowest BCUT2D eigenvalue weighted by Gasteiger charge is -2.38. The number of thiophene rings is 1. The number of likely N-dealkylation sites (N-methyl/N-ethyl adjacent to an activating group) is 1. The standard InChI is InChI=1S/C15H23N3OS.ClH/c1-17-5-7-18(8-6-17)14(13-4-9-20-11-13)10-16-15(19)12-2-3-12;/h4,9,11-12,14H,2-3,5-8,10H2,1H3,(H,16,19);1H. The van der Waals surface area contributed by atoms with Crippen LogP contribution in [-0.2, 0) is 4.79 Å². The van der Waals surface area contributed by atoms with Gasteiger partial charge >= 0.3 is 0 Å². The highest BCUT2D eigenvalue weighted by Crippen LogP contribution is 2.29. The van der Waals surface area contributed by atoms with Gasteiger partial charge < -0.3 is 10.2 Å². The third kappa shape index (κ3) is 4.42. The van der Waals surface area contributed by atoms with Crippen molar-refractivity contribution >= 4 is 29.7 Å². The largest absolute Gasteiger partial charge is 0.354 e. The molecule has 1 saturated carbocycles. The van der Waals surface area contributed by atoms with E-state index in [0.29, 0.717) is 12.0 Å². The maximum Gasteiger partial charge on any atom is 0.223 e. The zero-order chi connectivity index (χ0) is 13.9. The van der Waals surface area contributed by atoms with Crippen molar-refractivity contribution in [1.82, 2.24) is 15.1 Å². The van der Waals surface area contributed by atoms with Crippen LogP contribution in [0.5, 0.6) is 0 Å². The third-order valence-corrected chi connectivity index (χ3v) is 5.03. The van der Waals surface area contributed by atoms with Gasteiger partial charge in [-0.05, 0) is 42.3 Å². The van der Waals surface area contributed by atoms with E-state index < -0.39 is 0 Å². The average molecular weight is 330 g/mol. The van der Waals surface area contributed by atoms with E-state index in [1.54, 1.807) is 11.3 Å². The van der Waals surface area contributed by atoms with Crippen LogP contribution in [0.15, 0.2) is 16.8 Å². The molecule has 1 N–H and O–H groups in total. The van der Waals surface area contributed by atoms with Gasteiger partial charge in [0.2, 0.25) is 5.91 Å². The highest BCUT2D eigenvalue weighted by Gasteiger charge is 2.31. The number of carbonyl (C=O) groups excluding carboxylic acids is 1. The van der Waals surface area contributed by atoms with Crippen LogP contribution in [0.1, 0.15) is 24.4 Å². The van der Waals surface area contributed by atoms with Crippen molar-refractivity contribution in [3.63, 3.8) is 0 Å². The Bertz CT molecular complexity index is 442. The summed E-state index contributed by atoms with van der Waals surface area (Å²) in [6.07, 6.45) is 2.15. The molecule has 1 aliphatic carbocycles. The summed E-state index contributed by atoms with van der Waals surface area (Å²) < 4.78 is 0. The molecule has 0 aromatic carbocycles. The van der Waals surface area contributed by atoms with Gasteiger partial charge in [0.25, 0.3) is 0 Å². The second-order valence-corrected chi connectivity index (χ2v) is 6.71. The molecule has 0 spiro atoms. The number of nitrogens with zero attached hydrogens (tertiary/aromatic N) is 2. The minimum atomic E-state index is 0. The Labute approximate surface area is 136 Å². The fourth-order valence-electron chi connectivity index (χ4n) is 2.74. The van der Waals surface area contributed by atoms with Gasteiger partial charge in [-0.15, -0.1) is 12.4 Å². The molecule has 1 amide bonds. The quantitative estimate of drug-likeness (QED) is 0.897. The monoisotopic (exact) mass is 329 g/mol. The number of nitrogens with one attached hydrogen (secondary N) is 1. The lowest BCUT2D eigenvalue weighted by Crippen LogP contribution is -2.48. The maximum absolute atomic E-state index is 11.9. The molecular weight excluding hydrogens is 306 g/mol. The van der Waals surface area contributed by atoms with E-state index in [4.69, 9.17) is 0 Å². The number of hydrogen-bond acceptors (Lipinski definition) is 4. The highest BCUT2D eigenvalue weighted by atomic mass is 35.5. The molecule has 118 valence electrons. The number of piperazine rings is 1. The molecule has 21 heavy (non-hydrogen) atoms. The first-order valence-electron chi connectivity index (χ1n) is 7.46. The molecule has 1 aromatic rings. The zero-order valence-electron chi connectivity index (χ0n) is 12.5. The topological polar surface area (TPSA) is 35.6 Å².